The number of aromatic nitrogens is 5. The van der Waals surface area contributed by atoms with Gasteiger partial charge in [-0.3, -0.25) is 24.0 Å². The van der Waals surface area contributed by atoms with Gasteiger partial charge in [0.2, 0.25) is 5.95 Å². The summed E-state index contributed by atoms with van der Waals surface area (Å²) >= 11 is 0. The molecule has 0 unspecified atom stereocenters. The Balaban J connectivity index is 1.07. The number of nitrogens with zero attached hydrogens (tertiary/aromatic N) is 7. The van der Waals surface area contributed by atoms with E-state index >= 15 is 9.18 Å². The summed E-state index contributed by atoms with van der Waals surface area (Å²) < 4.78 is 34.5. The number of amides is 3. The highest BCUT2D eigenvalue weighted by Gasteiger charge is 2.59. The molecule has 10 rings (SSSR count). The highest BCUT2D eigenvalue weighted by atomic mass is 19.1. The van der Waals surface area contributed by atoms with Crippen LogP contribution in [0.2, 0.25) is 0 Å². The lowest BCUT2D eigenvalue weighted by Gasteiger charge is -2.36. The first-order chi connectivity index (χ1) is 30.4. The molecular formula is C47H49FN8O7. The van der Waals surface area contributed by atoms with Crippen LogP contribution >= 0.6 is 0 Å². The van der Waals surface area contributed by atoms with Crippen LogP contribution in [0.4, 0.5) is 15.1 Å². The van der Waals surface area contributed by atoms with Crippen molar-refractivity contribution in [3.05, 3.63) is 132 Å². The van der Waals surface area contributed by atoms with Gasteiger partial charge in [-0.05, 0) is 123 Å². The van der Waals surface area contributed by atoms with Gasteiger partial charge in [0, 0.05) is 55.9 Å². The molecular weight excluding hydrogens is 808 g/mol. The van der Waals surface area contributed by atoms with E-state index in [0.717, 1.165) is 29.3 Å². The molecule has 1 N–H and O–H groups in total. The second-order valence-electron chi connectivity index (χ2n) is 17.5. The number of H-pyrrole nitrogens is 1. The minimum absolute atomic E-state index is 0.0120. The van der Waals surface area contributed by atoms with Crippen LogP contribution in [0.5, 0.6) is 5.75 Å². The fourth-order valence-electron chi connectivity index (χ4n) is 10.2. The minimum atomic E-state index is -0.840. The van der Waals surface area contributed by atoms with Crippen molar-refractivity contribution in [2.24, 2.45) is 5.92 Å². The molecule has 326 valence electrons. The summed E-state index contributed by atoms with van der Waals surface area (Å²) in [6.45, 7) is 9.70. The third-order valence-corrected chi connectivity index (χ3v) is 13.7. The number of aryl methyl sites for hydroxylation is 2. The van der Waals surface area contributed by atoms with Gasteiger partial charge in [0.15, 0.2) is 5.82 Å². The van der Waals surface area contributed by atoms with Gasteiger partial charge in [-0.15, -0.1) is 0 Å². The molecule has 6 heterocycles. The van der Waals surface area contributed by atoms with Crippen LogP contribution in [0.25, 0.3) is 16.6 Å². The maximum atomic E-state index is 15.3. The largest absolute Gasteiger partial charge is 0.497 e. The number of ether oxygens (including phenoxy) is 2. The van der Waals surface area contributed by atoms with E-state index in [9.17, 15) is 14.4 Å². The normalized spacial score (nSPS) is 21.4. The number of hydrogen-bond donors (Lipinski definition) is 1. The summed E-state index contributed by atoms with van der Waals surface area (Å²) in [4.78, 5) is 69.7. The van der Waals surface area contributed by atoms with Gasteiger partial charge in [0.05, 0.1) is 24.5 Å². The molecule has 6 aromatic rings. The van der Waals surface area contributed by atoms with E-state index in [1.54, 1.807) is 42.9 Å². The van der Waals surface area contributed by atoms with E-state index in [2.05, 4.69) is 35.3 Å². The van der Waals surface area contributed by atoms with Gasteiger partial charge >= 0.3 is 11.8 Å². The molecule has 16 heteroatoms. The minimum Gasteiger partial charge on any atom is -0.497 e. The van der Waals surface area contributed by atoms with Gasteiger partial charge < -0.3 is 23.8 Å². The van der Waals surface area contributed by atoms with Crippen molar-refractivity contribution in [1.82, 2.24) is 34.1 Å². The first-order valence-corrected chi connectivity index (χ1v) is 21.6. The number of benzene rings is 3. The lowest BCUT2D eigenvalue weighted by atomic mass is 9.91. The Kier molecular flexibility index (Phi) is 9.88. The standard InChI is InChI=1S/C47H49FN8O7/c1-26-19-34(20-27(2)39(26)48)55-41(57)36-11-14-53(29(4)40(36)49-44(55)54-16-15-52(46(54)60)25-30-7-6-8-35(21-30)61-5)42(58)38-23-33-22-32(31-12-17-62-18-13-31)9-10-37(33)56(38)47(24-28(47)3)43-50-45(59)63-51-43/h6-10,19-23,28-29,31H,11-18,24-25H2,1-5H3,(H,50,51,59)/t28-,29-,47+/m1/s1. The molecule has 0 spiro atoms. The van der Waals surface area contributed by atoms with Crippen molar-refractivity contribution in [2.45, 2.75) is 77.4 Å². The first kappa shape index (κ1) is 40.5. The Morgan fingerprint density at radius 2 is 1.75 bits per heavy atom. The number of hydrogen-bond acceptors (Lipinski definition) is 9. The van der Waals surface area contributed by atoms with E-state index in [-0.39, 0.29) is 54.7 Å². The number of fused-ring (bicyclic) bond motifs is 2. The third kappa shape index (κ3) is 6.64. The fourth-order valence-corrected chi connectivity index (χ4v) is 10.2. The Bertz CT molecular complexity index is 2920. The zero-order valence-corrected chi connectivity index (χ0v) is 35.9. The molecule has 3 aromatic heterocycles. The number of carbonyl (C=O) groups excluding carboxylic acids is 2. The zero-order chi connectivity index (χ0) is 43.9. The predicted octanol–water partition coefficient (Wildman–Crippen LogP) is 6.51. The molecule has 2 saturated heterocycles. The van der Waals surface area contributed by atoms with Gasteiger partial charge in [-0.2, -0.15) is 0 Å². The molecule has 1 aliphatic carbocycles. The summed E-state index contributed by atoms with van der Waals surface area (Å²) in [7, 11) is 1.59. The Labute approximate surface area is 362 Å². The molecule has 0 radical (unpaired) electrons. The highest BCUT2D eigenvalue weighted by Crippen LogP contribution is 2.56. The number of nitrogens with one attached hydrogen (secondary N) is 1. The van der Waals surface area contributed by atoms with Gasteiger partial charge in [-0.1, -0.05) is 30.3 Å². The number of rotatable bonds is 9. The summed E-state index contributed by atoms with van der Waals surface area (Å²) in [5.41, 5.74) is 3.97. The summed E-state index contributed by atoms with van der Waals surface area (Å²) in [6, 6.07) is 17.9. The zero-order valence-electron chi connectivity index (χ0n) is 35.9. The van der Waals surface area contributed by atoms with Crippen molar-refractivity contribution < 1.29 is 28.0 Å². The first-order valence-electron chi connectivity index (χ1n) is 21.6. The Morgan fingerprint density at radius 1 is 0.984 bits per heavy atom. The topological polar surface area (TPSA) is 161 Å². The van der Waals surface area contributed by atoms with Crippen molar-refractivity contribution in [1.29, 1.82) is 0 Å². The van der Waals surface area contributed by atoms with E-state index in [0.29, 0.717) is 84.0 Å². The van der Waals surface area contributed by atoms with E-state index in [1.807, 2.05) is 41.8 Å². The number of aromatic amines is 1. The number of carbonyl (C=O) groups is 2. The molecule has 3 amide bonds. The van der Waals surface area contributed by atoms with E-state index < -0.39 is 17.3 Å². The van der Waals surface area contributed by atoms with Crippen LogP contribution in [0.15, 0.2) is 74.8 Å². The molecule has 3 aliphatic heterocycles. The van der Waals surface area contributed by atoms with Gasteiger partial charge in [0.1, 0.15) is 22.8 Å². The van der Waals surface area contributed by atoms with Gasteiger partial charge in [-0.25, -0.2) is 23.5 Å². The van der Waals surface area contributed by atoms with E-state index in [1.165, 1.54) is 15.0 Å². The van der Waals surface area contributed by atoms with Crippen LogP contribution in [0, 0.1) is 25.6 Å². The molecule has 1 saturated carbocycles. The van der Waals surface area contributed by atoms with Crippen LogP contribution in [-0.4, -0.2) is 86.0 Å². The van der Waals surface area contributed by atoms with Crippen molar-refractivity contribution in [2.75, 3.05) is 44.9 Å². The van der Waals surface area contributed by atoms with Crippen molar-refractivity contribution >= 4 is 28.8 Å². The molecule has 15 nitrogen and oxygen atoms in total. The summed E-state index contributed by atoms with van der Waals surface area (Å²) in [6.07, 6.45) is 2.62. The molecule has 63 heavy (non-hydrogen) atoms. The lowest BCUT2D eigenvalue weighted by Crippen LogP contribution is -2.45. The number of halogens is 1. The Hall–Kier alpha value is -6.55. The average Bonchev–Trinajstić information content (AvgIpc) is 3.58. The number of urea groups is 1. The predicted molar refractivity (Wildman–Crippen MR) is 231 cm³/mol. The summed E-state index contributed by atoms with van der Waals surface area (Å²) in [5.74, 6) is 0.135. The maximum Gasteiger partial charge on any atom is 0.438 e. The van der Waals surface area contributed by atoms with E-state index in [4.69, 9.17) is 19.0 Å². The van der Waals surface area contributed by atoms with Crippen LogP contribution in [-0.2, 0) is 23.2 Å². The second kappa shape index (κ2) is 15.4. The van der Waals surface area contributed by atoms with Crippen molar-refractivity contribution in [3.63, 3.8) is 0 Å². The average molecular weight is 857 g/mol. The maximum absolute atomic E-state index is 15.3. The van der Waals surface area contributed by atoms with Crippen LogP contribution in [0.3, 0.4) is 0 Å². The van der Waals surface area contributed by atoms with Crippen LogP contribution < -0.4 is 21.0 Å². The molecule has 4 aliphatic rings. The van der Waals surface area contributed by atoms with Crippen LogP contribution in [0.1, 0.15) is 94.9 Å². The third-order valence-electron chi connectivity index (χ3n) is 13.7. The number of methoxy groups -OCH3 is 1. The monoisotopic (exact) mass is 856 g/mol. The second-order valence-corrected chi connectivity index (χ2v) is 17.5. The molecule has 3 atom stereocenters. The molecule has 0 bridgehead atoms. The highest BCUT2D eigenvalue weighted by molar-refractivity contribution is 6.00. The molecule has 3 fully saturated rings. The summed E-state index contributed by atoms with van der Waals surface area (Å²) in [5, 5.41) is 5.03. The van der Waals surface area contributed by atoms with Crippen molar-refractivity contribution in [3.8, 4) is 11.4 Å². The smallest absolute Gasteiger partial charge is 0.438 e. The van der Waals surface area contributed by atoms with Gasteiger partial charge in [0.25, 0.3) is 11.5 Å². The fraction of sp³-hybridized carbons (Fsp3) is 0.404. The number of anilines is 1. The Morgan fingerprint density at radius 3 is 2.44 bits per heavy atom. The SMILES string of the molecule is COc1cccc(CN2CCN(c3nc4c(c(=O)n3-c3cc(C)c(F)c(C)c3)CCN(C(=O)c3cc5cc(C6CCOCC6)ccc5n3[C@@]3(c5noc(=O)[nH]5)C[C@H]3C)[C@@H]4C)C2=O)c1. The lowest BCUT2D eigenvalue weighted by molar-refractivity contribution is 0.0658. The molecule has 3 aromatic carbocycles. The quantitative estimate of drug-likeness (QED) is 0.171.